The van der Waals surface area contributed by atoms with Crippen LogP contribution in [0.2, 0.25) is 10.0 Å². The summed E-state index contributed by atoms with van der Waals surface area (Å²) in [4.78, 5) is 0. The van der Waals surface area contributed by atoms with Crippen molar-refractivity contribution >= 4 is 33.0 Å². The predicted molar refractivity (Wildman–Crippen MR) is 86.0 cm³/mol. The molecular formula is C14H19Cl2NO3S. The molecule has 1 aliphatic rings. The summed E-state index contributed by atoms with van der Waals surface area (Å²) in [5.74, 6) is 0.692. The van der Waals surface area contributed by atoms with Crippen molar-refractivity contribution in [2.75, 3.05) is 11.6 Å². The van der Waals surface area contributed by atoms with Crippen molar-refractivity contribution in [2.24, 2.45) is 0 Å². The third kappa shape index (κ3) is 4.03. The predicted octanol–water partition coefficient (Wildman–Crippen LogP) is 3.58. The van der Waals surface area contributed by atoms with Gasteiger partial charge in [0, 0.05) is 29.8 Å². The van der Waals surface area contributed by atoms with Crippen LogP contribution in [0.25, 0.3) is 0 Å². The number of rotatable bonds is 4. The summed E-state index contributed by atoms with van der Waals surface area (Å²) in [6.07, 6.45) is 0.650. The molecule has 1 unspecified atom stereocenters. The van der Waals surface area contributed by atoms with Crippen molar-refractivity contribution in [3.05, 3.63) is 27.7 Å². The average Bonchev–Trinajstić information content (AvgIpc) is 2.37. The molecule has 118 valence electrons. The van der Waals surface area contributed by atoms with E-state index in [1.807, 2.05) is 13.8 Å². The molecule has 7 heteroatoms. The Balaban J connectivity index is 2.32. The Kier molecular flexibility index (Phi) is 4.78. The fourth-order valence-electron chi connectivity index (χ4n) is 2.36. The van der Waals surface area contributed by atoms with E-state index in [-0.39, 0.29) is 17.7 Å². The number of halogens is 2. The van der Waals surface area contributed by atoms with Gasteiger partial charge in [-0.1, -0.05) is 30.1 Å². The molecule has 2 rings (SSSR count). The van der Waals surface area contributed by atoms with Crippen molar-refractivity contribution in [3.63, 3.8) is 0 Å². The molecule has 0 saturated carbocycles. The second-order valence-electron chi connectivity index (χ2n) is 5.80. The zero-order chi connectivity index (χ0) is 15.8. The van der Waals surface area contributed by atoms with Gasteiger partial charge in [0.15, 0.2) is 9.84 Å². The normalized spacial score (nSPS) is 20.7. The number of nitrogens with one attached hydrogen (secondary N) is 1. The van der Waals surface area contributed by atoms with Gasteiger partial charge in [-0.2, -0.15) is 0 Å². The molecule has 1 aliphatic heterocycles. The van der Waals surface area contributed by atoms with Crippen LogP contribution < -0.4 is 10.1 Å². The molecule has 0 bridgehead atoms. The Morgan fingerprint density at radius 2 is 1.95 bits per heavy atom. The molecule has 1 N–H and O–H groups in total. The molecule has 0 aromatic heterocycles. The summed E-state index contributed by atoms with van der Waals surface area (Å²) in [6, 6.07) is 3.29. The number of ether oxygens (including phenoxy) is 1. The molecule has 0 spiro atoms. The lowest BCUT2D eigenvalue weighted by atomic mass is 9.90. The Labute approximate surface area is 135 Å². The van der Waals surface area contributed by atoms with Crippen LogP contribution in [0, 0.1) is 0 Å². The van der Waals surface area contributed by atoms with E-state index in [1.165, 1.54) is 0 Å². The van der Waals surface area contributed by atoms with Gasteiger partial charge in [0.25, 0.3) is 0 Å². The first kappa shape index (κ1) is 16.9. The van der Waals surface area contributed by atoms with E-state index in [0.717, 1.165) is 5.56 Å². The third-order valence-electron chi connectivity index (χ3n) is 3.50. The van der Waals surface area contributed by atoms with Crippen LogP contribution in [0.1, 0.15) is 38.8 Å². The van der Waals surface area contributed by atoms with E-state index >= 15 is 0 Å². The largest absolute Gasteiger partial charge is 0.487 e. The number of sulfone groups is 1. The summed E-state index contributed by atoms with van der Waals surface area (Å²) in [5, 5.41) is 3.96. The quantitative estimate of drug-likeness (QED) is 0.900. The second kappa shape index (κ2) is 5.95. The number of hydrogen-bond donors (Lipinski definition) is 1. The van der Waals surface area contributed by atoms with E-state index in [2.05, 4.69) is 5.32 Å². The molecule has 0 aliphatic carbocycles. The maximum absolute atomic E-state index is 11.7. The van der Waals surface area contributed by atoms with Crippen LogP contribution in [-0.4, -0.2) is 25.6 Å². The van der Waals surface area contributed by atoms with Gasteiger partial charge in [-0.25, -0.2) is 8.42 Å². The highest BCUT2D eigenvalue weighted by atomic mass is 35.5. The van der Waals surface area contributed by atoms with E-state index < -0.39 is 15.4 Å². The monoisotopic (exact) mass is 351 g/mol. The van der Waals surface area contributed by atoms with Crippen LogP contribution in [0.15, 0.2) is 12.1 Å². The highest BCUT2D eigenvalue weighted by molar-refractivity contribution is 7.91. The third-order valence-corrected chi connectivity index (χ3v) is 5.71. The van der Waals surface area contributed by atoms with Crippen molar-refractivity contribution in [1.82, 2.24) is 5.32 Å². The maximum atomic E-state index is 11.7. The van der Waals surface area contributed by atoms with Gasteiger partial charge in [0.05, 0.1) is 15.9 Å². The molecule has 1 aromatic rings. The minimum atomic E-state index is -3.09. The lowest BCUT2D eigenvalue weighted by Crippen LogP contribution is -2.41. The Morgan fingerprint density at radius 3 is 2.57 bits per heavy atom. The standard InChI is InChI=1S/C14H19Cl2NO3S/c1-4-21(18,19)8-17-12-7-14(2,3)20-13-6-11(16)10(15)5-9(12)13/h5-6,12,17H,4,7-8H2,1-3H3. The van der Waals surface area contributed by atoms with E-state index in [1.54, 1.807) is 19.1 Å². The summed E-state index contributed by atoms with van der Waals surface area (Å²) in [6.45, 7) is 5.55. The van der Waals surface area contributed by atoms with E-state index in [0.29, 0.717) is 22.2 Å². The summed E-state index contributed by atoms with van der Waals surface area (Å²) < 4.78 is 29.3. The average molecular weight is 352 g/mol. The van der Waals surface area contributed by atoms with Gasteiger partial charge in [-0.3, -0.25) is 5.32 Å². The molecule has 0 amide bonds. The van der Waals surface area contributed by atoms with Crippen LogP contribution >= 0.6 is 23.2 Å². The Morgan fingerprint density at radius 1 is 1.33 bits per heavy atom. The topological polar surface area (TPSA) is 55.4 Å². The smallest absolute Gasteiger partial charge is 0.162 e. The van der Waals surface area contributed by atoms with Crippen molar-refractivity contribution in [3.8, 4) is 5.75 Å². The second-order valence-corrected chi connectivity index (χ2v) is 8.97. The van der Waals surface area contributed by atoms with E-state index in [4.69, 9.17) is 27.9 Å². The highest BCUT2D eigenvalue weighted by Crippen LogP contribution is 2.43. The minimum Gasteiger partial charge on any atom is -0.487 e. The summed E-state index contributed by atoms with van der Waals surface area (Å²) in [7, 11) is -3.09. The number of benzene rings is 1. The van der Waals surface area contributed by atoms with Crippen molar-refractivity contribution in [1.29, 1.82) is 0 Å². The first-order valence-electron chi connectivity index (χ1n) is 6.75. The van der Waals surface area contributed by atoms with Gasteiger partial charge in [-0.05, 0) is 19.9 Å². The zero-order valence-electron chi connectivity index (χ0n) is 12.2. The number of fused-ring (bicyclic) bond motifs is 1. The first-order valence-corrected chi connectivity index (χ1v) is 9.33. The minimum absolute atomic E-state index is 0.0655. The Hall–Kier alpha value is -0.490. The summed E-state index contributed by atoms with van der Waals surface area (Å²) in [5.41, 5.74) is 0.438. The first-order chi connectivity index (χ1) is 9.63. The fourth-order valence-corrected chi connectivity index (χ4v) is 3.34. The molecule has 1 atom stereocenters. The lowest BCUT2D eigenvalue weighted by molar-refractivity contribution is 0.0671. The van der Waals surface area contributed by atoms with E-state index in [9.17, 15) is 8.42 Å². The Bertz CT molecular complexity index is 644. The zero-order valence-corrected chi connectivity index (χ0v) is 14.6. The molecule has 4 nitrogen and oxygen atoms in total. The SMILES string of the molecule is CCS(=O)(=O)CNC1CC(C)(C)Oc2cc(Cl)c(Cl)cc21. The van der Waals surface area contributed by atoms with Crippen LogP contribution in [-0.2, 0) is 9.84 Å². The molecule has 21 heavy (non-hydrogen) atoms. The van der Waals surface area contributed by atoms with Gasteiger partial charge >= 0.3 is 0 Å². The number of hydrogen-bond acceptors (Lipinski definition) is 4. The molecular weight excluding hydrogens is 333 g/mol. The van der Waals surface area contributed by atoms with Crippen LogP contribution in [0.3, 0.4) is 0 Å². The molecule has 0 saturated heterocycles. The van der Waals surface area contributed by atoms with Crippen molar-refractivity contribution in [2.45, 2.75) is 38.8 Å². The maximum Gasteiger partial charge on any atom is 0.162 e. The summed E-state index contributed by atoms with van der Waals surface area (Å²) >= 11 is 12.1. The van der Waals surface area contributed by atoms with Gasteiger partial charge in [-0.15, -0.1) is 0 Å². The van der Waals surface area contributed by atoms with Gasteiger partial charge in [0.1, 0.15) is 11.4 Å². The van der Waals surface area contributed by atoms with Crippen LogP contribution in [0.5, 0.6) is 5.75 Å². The van der Waals surface area contributed by atoms with Gasteiger partial charge in [0.2, 0.25) is 0 Å². The molecule has 0 radical (unpaired) electrons. The van der Waals surface area contributed by atoms with Crippen molar-refractivity contribution < 1.29 is 13.2 Å². The molecule has 1 aromatic carbocycles. The lowest BCUT2D eigenvalue weighted by Gasteiger charge is -2.38. The highest BCUT2D eigenvalue weighted by Gasteiger charge is 2.34. The van der Waals surface area contributed by atoms with Crippen LogP contribution in [0.4, 0.5) is 0 Å². The molecule has 0 fully saturated rings. The fraction of sp³-hybridized carbons (Fsp3) is 0.571. The molecule has 1 heterocycles. The van der Waals surface area contributed by atoms with Gasteiger partial charge < -0.3 is 4.74 Å².